The molecule has 11 rings (SSSR count). The summed E-state index contributed by atoms with van der Waals surface area (Å²) in [6.45, 7) is 0. The van der Waals surface area contributed by atoms with E-state index >= 15 is 22.0 Å². The molecule has 1 nitrogen and oxygen atoms in total. The van der Waals surface area contributed by atoms with Gasteiger partial charge in [-0.15, -0.1) is 0 Å². The van der Waals surface area contributed by atoms with Gasteiger partial charge >= 0.3 is 0 Å². The highest BCUT2D eigenvalue weighted by atomic mass is 19.1. The van der Waals surface area contributed by atoms with Gasteiger partial charge in [0.25, 0.3) is 0 Å². The van der Waals surface area contributed by atoms with Gasteiger partial charge < -0.3 is 4.57 Å². The van der Waals surface area contributed by atoms with E-state index in [1.165, 1.54) is 30.3 Å². The fourth-order valence-electron chi connectivity index (χ4n) is 9.21. The van der Waals surface area contributed by atoms with E-state index in [1.807, 2.05) is 91.0 Å². The van der Waals surface area contributed by atoms with Crippen molar-refractivity contribution in [3.63, 3.8) is 0 Å². The minimum absolute atomic E-state index is 0.351. The molecule has 0 bridgehead atoms. The smallest absolute Gasteiger partial charge is 0.131 e. The van der Waals surface area contributed by atoms with E-state index in [4.69, 9.17) is 0 Å². The molecule has 0 fully saturated rings. The molecule has 0 N–H and O–H groups in total. The van der Waals surface area contributed by atoms with Crippen LogP contribution in [0.25, 0.3) is 105 Å². The summed E-state index contributed by atoms with van der Waals surface area (Å²) in [5.74, 6) is -1.94. The summed E-state index contributed by atoms with van der Waals surface area (Å²) in [5, 5.41) is 1.71. The summed E-state index contributed by atoms with van der Waals surface area (Å²) >= 11 is 0. The zero-order valence-corrected chi connectivity index (χ0v) is 35.1. The minimum atomic E-state index is -0.397. The molecule has 1 aromatic heterocycles. The predicted molar refractivity (Wildman–Crippen MR) is 259 cm³/mol. The second-order valence-electron chi connectivity index (χ2n) is 16.3. The molecule has 316 valence electrons. The molecule has 0 saturated carbocycles. The SMILES string of the molecule is Fc1ccccc1-c1cc(-c2ccc3c(c2)c2cc(-c4cc(-c5ccccc5F)cc(-c5ccccc5F)c4)ccc2n3-c2ccccc2-c2ccccc2F)cc(-c2ccccc2F)c1. The average Bonchev–Trinajstić information content (AvgIpc) is 3.67. The number of halogens is 5. The van der Waals surface area contributed by atoms with Gasteiger partial charge in [0.2, 0.25) is 0 Å². The minimum Gasteiger partial charge on any atom is -0.309 e. The quantitative estimate of drug-likeness (QED) is 0.134. The second kappa shape index (κ2) is 16.6. The Hall–Kier alpha value is -8.35. The molecule has 0 saturated heterocycles. The van der Waals surface area contributed by atoms with Crippen molar-refractivity contribution < 1.29 is 22.0 Å². The molecule has 0 aliphatic carbocycles. The molecular formula is C60H36F5N. The zero-order valence-electron chi connectivity index (χ0n) is 35.1. The first kappa shape index (κ1) is 40.4. The maximum atomic E-state index is 15.6. The Kier molecular flexibility index (Phi) is 10.2. The first-order valence-electron chi connectivity index (χ1n) is 21.5. The Balaban J connectivity index is 1.18. The van der Waals surface area contributed by atoms with Crippen LogP contribution in [0.5, 0.6) is 0 Å². The number of hydrogen-bond donors (Lipinski definition) is 0. The molecular weight excluding hydrogens is 830 g/mol. The van der Waals surface area contributed by atoms with Crippen LogP contribution in [0.2, 0.25) is 0 Å². The average molecular weight is 866 g/mol. The van der Waals surface area contributed by atoms with Gasteiger partial charge in [-0.05, 0) is 142 Å². The van der Waals surface area contributed by atoms with Gasteiger partial charge in [0.15, 0.2) is 0 Å². The van der Waals surface area contributed by atoms with Crippen molar-refractivity contribution in [1.82, 2.24) is 4.57 Å². The Morgan fingerprint density at radius 3 is 0.864 bits per heavy atom. The van der Waals surface area contributed by atoms with Crippen LogP contribution >= 0.6 is 0 Å². The molecule has 0 amide bonds. The lowest BCUT2D eigenvalue weighted by molar-refractivity contribution is 0.630. The van der Waals surface area contributed by atoms with Crippen molar-refractivity contribution >= 4 is 21.8 Å². The highest BCUT2D eigenvalue weighted by Crippen LogP contribution is 2.43. The molecule has 66 heavy (non-hydrogen) atoms. The Bertz CT molecular complexity index is 3350. The third-order valence-corrected chi connectivity index (χ3v) is 12.3. The third kappa shape index (κ3) is 7.23. The standard InChI is InChI=1S/C60H36F5N/c61-53-19-7-1-13-45(53)41-29-39(30-42(33-41)46-14-2-8-20-54(46)62)37-25-27-59-51(35-37)52-36-38(26-28-60(52)66(59)58-24-12-6-18-50(58)49-17-5-11-23-57(49)65)40-31-43(47-15-3-9-21-55(47)63)34-44(32-40)48-16-4-10-22-56(48)64/h1-36H. The number of nitrogens with zero attached hydrogens (tertiary/aromatic N) is 1. The van der Waals surface area contributed by atoms with Crippen LogP contribution in [0.3, 0.4) is 0 Å². The maximum Gasteiger partial charge on any atom is 0.131 e. The molecule has 0 aliphatic rings. The molecule has 0 radical (unpaired) electrons. The third-order valence-electron chi connectivity index (χ3n) is 12.3. The fraction of sp³-hybridized carbons (Fsp3) is 0. The van der Waals surface area contributed by atoms with Crippen molar-refractivity contribution in [2.45, 2.75) is 0 Å². The van der Waals surface area contributed by atoms with Crippen molar-refractivity contribution in [3.05, 3.63) is 247 Å². The largest absolute Gasteiger partial charge is 0.309 e. The van der Waals surface area contributed by atoms with E-state index in [-0.39, 0.29) is 5.82 Å². The molecule has 0 atom stereocenters. The summed E-state index contributed by atoms with van der Waals surface area (Å²) in [5.41, 5.74) is 10.6. The van der Waals surface area contributed by atoms with Crippen LogP contribution in [0.15, 0.2) is 218 Å². The Morgan fingerprint density at radius 1 is 0.227 bits per heavy atom. The molecule has 1 heterocycles. The van der Waals surface area contributed by atoms with Crippen LogP contribution in [-0.4, -0.2) is 4.57 Å². The van der Waals surface area contributed by atoms with Crippen molar-refractivity contribution in [1.29, 1.82) is 0 Å². The number of benzene rings is 10. The van der Waals surface area contributed by atoms with Crippen LogP contribution < -0.4 is 0 Å². The second-order valence-corrected chi connectivity index (χ2v) is 16.3. The van der Waals surface area contributed by atoms with E-state index in [0.29, 0.717) is 55.6 Å². The number of hydrogen-bond acceptors (Lipinski definition) is 0. The van der Waals surface area contributed by atoms with Crippen LogP contribution in [0.1, 0.15) is 0 Å². The number of fused-ring (bicyclic) bond motifs is 3. The van der Waals surface area contributed by atoms with E-state index in [1.54, 1.807) is 84.9 Å². The van der Waals surface area contributed by atoms with E-state index < -0.39 is 23.3 Å². The molecule has 10 aromatic carbocycles. The van der Waals surface area contributed by atoms with E-state index in [9.17, 15) is 0 Å². The fourth-order valence-corrected chi connectivity index (χ4v) is 9.21. The van der Waals surface area contributed by atoms with Crippen molar-refractivity contribution in [2.24, 2.45) is 0 Å². The van der Waals surface area contributed by atoms with Gasteiger partial charge in [-0.3, -0.25) is 0 Å². The monoisotopic (exact) mass is 865 g/mol. The first-order valence-corrected chi connectivity index (χ1v) is 21.5. The molecule has 0 unspecified atom stereocenters. The van der Waals surface area contributed by atoms with Gasteiger partial charge in [0.1, 0.15) is 29.1 Å². The van der Waals surface area contributed by atoms with Crippen molar-refractivity contribution in [2.75, 3.05) is 0 Å². The Labute approximate surface area is 377 Å². The lowest BCUT2D eigenvalue weighted by Gasteiger charge is -2.15. The van der Waals surface area contributed by atoms with Crippen LogP contribution in [-0.2, 0) is 0 Å². The number of aromatic nitrogens is 1. The first-order chi connectivity index (χ1) is 32.3. The van der Waals surface area contributed by atoms with Gasteiger partial charge in [0, 0.05) is 44.2 Å². The van der Waals surface area contributed by atoms with Gasteiger partial charge in [-0.2, -0.15) is 0 Å². The lowest BCUT2D eigenvalue weighted by Crippen LogP contribution is -1.98. The highest BCUT2D eigenvalue weighted by Gasteiger charge is 2.21. The molecule has 0 aliphatic heterocycles. The van der Waals surface area contributed by atoms with Crippen LogP contribution in [0, 0.1) is 29.1 Å². The molecule has 11 aromatic rings. The summed E-state index contributed by atoms with van der Waals surface area (Å²) in [7, 11) is 0. The van der Waals surface area contributed by atoms with Crippen molar-refractivity contribution in [3.8, 4) is 83.6 Å². The van der Waals surface area contributed by atoms with Gasteiger partial charge in [-0.1, -0.05) is 121 Å². The highest BCUT2D eigenvalue weighted by molar-refractivity contribution is 6.12. The van der Waals surface area contributed by atoms with Gasteiger partial charge in [0.05, 0.1) is 16.7 Å². The zero-order chi connectivity index (χ0) is 44.9. The topological polar surface area (TPSA) is 4.93 Å². The summed E-state index contributed by atoms with van der Waals surface area (Å²) < 4.78 is 79.6. The maximum absolute atomic E-state index is 15.6. The predicted octanol–water partition coefficient (Wildman–Crippen LogP) is 17.1. The summed E-state index contributed by atoms with van der Waals surface area (Å²) in [4.78, 5) is 0. The van der Waals surface area contributed by atoms with E-state index in [2.05, 4.69) is 16.7 Å². The Morgan fingerprint density at radius 2 is 0.515 bits per heavy atom. The summed E-state index contributed by atoms with van der Waals surface area (Å²) in [6.07, 6.45) is 0. The van der Waals surface area contributed by atoms with E-state index in [0.717, 1.165) is 49.7 Å². The summed E-state index contributed by atoms with van der Waals surface area (Å²) in [6, 6.07) is 64.0. The number of rotatable bonds is 8. The van der Waals surface area contributed by atoms with Gasteiger partial charge in [-0.25, -0.2) is 22.0 Å². The lowest BCUT2D eigenvalue weighted by atomic mass is 9.91. The van der Waals surface area contributed by atoms with Crippen LogP contribution in [0.4, 0.5) is 22.0 Å². The molecule has 6 heteroatoms. The normalized spacial score (nSPS) is 11.4. The number of para-hydroxylation sites is 1. The molecule has 0 spiro atoms.